The van der Waals surface area contributed by atoms with Crippen molar-refractivity contribution in [3.63, 3.8) is 0 Å². The molecule has 5 heteroatoms. The van der Waals surface area contributed by atoms with Crippen LogP contribution in [0.2, 0.25) is 0 Å². The van der Waals surface area contributed by atoms with E-state index in [4.69, 9.17) is 0 Å². The van der Waals surface area contributed by atoms with Crippen LogP contribution in [-0.4, -0.2) is 34.3 Å². The van der Waals surface area contributed by atoms with Gasteiger partial charge in [-0.2, -0.15) is 0 Å². The summed E-state index contributed by atoms with van der Waals surface area (Å²) in [6.45, 7) is 6.95. The summed E-state index contributed by atoms with van der Waals surface area (Å²) in [5.74, 6) is 0.138. The van der Waals surface area contributed by atoms with Crippen LogP contribution in [0.4, 0.5) is 0 Å². The lowest BCUT2D eigenvalue weighted by Gasteiger charge is -2.18. The van der Waals surface area contributed by atoms with Gasteiger partial charge in [-0.3, -0.25) is 0 Å². The standard InChI is InChI=1S/C8H20N2O2S/c1-8(2,3)7-10-13(11,12)6-5-9-4/h9-10H,5-7H2,1-4H3. The fraction of sp³-hybridized carbons (Fsp3) is 1.00. The number of nitrogens with one attached hydrogen (secondary N) is 2. The van der Waals surface area contributed by atoms with E-state index in [0.29, 0.717) is 13.1 Å². The Morgan fingerprint density at radius 3 is 2.15 bits per heavy atom. The number of hydrogen-bond donors (Lipinski definition) is 2. The Morgan fingerprint density at radius 2 is 1.77 bits per heavy atom. The average molecular weight is 208 g/mol. The van der Waals surface area contributed by atoms with Crippen molar-refractivity contribution in [3.05, 3.63) is 0 Å². The summed E-state index contributed by atoms with van der Waals surface area (Å²) < 4.78 is 25.1. The van der Waals surface area contributed by atoms with Gasteiger partial charge in [0, 0.05) is 13.1 Å². The van der Waals surface area contributed by atoms with Gasteiger partial charge in [0.15, 0.2) is 0 Å². The summed E-state index contributed by atoms with van der Waals surface area (Å²) in [6.07, 6.45) is 0. The van der Waals surface area contributed by atoms with Gasteiger partial charge in [0.2, 0.25) is 10.0 Å². The predicted octanol–water partition coefficient (Wildman–Crippen LogP) is 0.171. The molecule has 13 heavy (non-hydrogen) atoms. The zero-order valence-corrected chi connectivity index (χ0v) is 9.66. The highest BCUT2D eigenvalue weighted by atomic mass is 32.2. The number of hydrogen-bond acceptors (Lipinski definition) is 3. The van der Waals surface area contributed by atoms with Crippen molar-refractivity contribution in [2.24, 2.45) is 5.41 Å². The number of rotatable bonds is 5. The van der Waals surface area contributed by atoms with Crippen molar-refractivity contribution in [1.82, 2.24) is 10.0 Å². The van der Waals surface area contributed by atoms with E-state index < -0.39 is 10.0 Å². The lowest BCUT2D eigenvalue weighted by Crippen LogP contribution is -2.36. The van der Waals surface area contributed by atoms with Gasteiger partial charge in [-0.05, 0) is 12.5 Å². The molecule has 0 amide bonds. The highest BCUT2D eigenvalue weighted by Gasteiger charge is 2.15. The van der Waals surface area contributed by atoms with Crippen LogP contribution < -0.4 is 10.0 Å². The molecular formula is C8H20N2O2S. The minimum atomic E-state index is -3.09. The van der Waals surface area contributed by atoms with Crippen molar-refractivity contribution < 1.29 is 8.42 Å². The maximum Gasteiger partial charge on any atom is 0.212 e. The first-order chi connectivity index (χ1) is 5.77. The second kappa shape index (κ2) is 4.93. The van der Waals surface area contributed by atoms with Crippen LogP contribution in [0.25, 0.3) is 0 Å². The van der Waals surface area contributed by atoms with Crippen LogP contribution in [0.1, 0.15) is 20.8 Å². The minimum absolute atomic E-state index is 0.00723. The SMILES string of the molecule is CNCCS(=O)(=O)NCC(C)(C)C. The molecule has 0 bridgehead atoms. The Hall–Kier alpha value is -0.130. The molecule has 0 saturated heterocycles. The Bertz CT molecular complexity index is 229. The predicted molar refractivity (Wildman–Crippen MR) is 55.2 cm³/mol. The van der Waals surface area contributed by atoms with E-state index >= 15 is 0 Å². The first-order valence-electron chi connectivity index (χ1n) is 4.39. The van der Waals surface area contributed by atoms with Gasteiger partial charge >= 0.3 is 0 Å². The molecule has 0 aromatic rings. The molecule has 0 spiro atoms. The Kier molecular flexibility index (Phi) is 4.88. The molecule has 4 nitrogen and oxygen atoms in total. The molecule has 0 rings (SSSR count). The third-order valence-corrected chi connectivity index (χ3v) is 2.77. The Balaban J connectivity index is 3.91. The molecule has 0 aliphatic rings. The second-order valence-corrected chi connectivity index (χ2v) is 6.23. The molecule has 0 aromatic heterocycles. The molecule has 0 aliphatic carbocycles. The van der Waals surface area contributed by atoms with Crippen molar-refractivity contribution >= 4 is 10.0 Å². The zero-order chi connectivity index (χ0) is 10.5. The van der Waals surface area contributed by atoms with Gasteiger partial charge in [-0.15, -0.1) is 0 Å². The second-order valence-electron chi connectivity index (χ2n) is 4.30. The Morgan fingerprint density at radius 1 is 1.23 bits per heavy atom. The van der Waals surface area contributed by atoms with E-state index in [-0.39, 0.29) is 11.2 Å². The molecule has 80 valence electrons. The van der Waals surface area contributed by atoms with Crippen LogP contribution in [0, 0.1) is 5.41 Å². The topological polar surface area (TPSA) is 58.2 Å². The molecule has 0 radical (unpaired) electrons. The average Bonchev–Trinajstić information content (AvgIpc) is 1.97. The van der Waals surface area contributed by atoms with Crippen LogP contribution in [0.15, 0.2) is 0 Å². The Labute approximate surface area is 81.2 Å². The van der Waals surface area contributed by atoms with E-state index in [1.165, 1.54) is 0 Å². The van der Waals surface area contributed by atoms with Crippen molar-refractivity contribution in [3.8, 4) is 0 Å². The molecule has 2 N–H and O–H groups in total. The van der Waals surface area contributed by atoms with Gasteiger partial charge in [-0.25, -0.2) is 13.1 Å². The lowest BCUT2D eigenvalue weighted by molar-refractivity contribution is 0.407. The first-order valence-corrected chi connectivity index (χ1v) is 6.04. The number of sulfonamides is 1. The van der Waals surface area contributed by atoms with Crippen molar-refractivity contribution in [2.75, 3.05) is 25.9 Å². The quantitative estimate of drug-likeness (QED) is 0.677. The fourth-order valence-electron chi connectivity index (χ4n) is 0.635. The van der Waals surface area contributed by atoms with E-state index in [2.05, 4.69) is 10.0 Å². The highest BCUT2D eigenvalue weighted by molar-refractivity contribution is 7.89. The summed E-state index contributed by atoms with van der Waals surface area (Å²) in [5.41, 5.74) is -0.00723. The molecule has 0 fully saturated rings. The van der Waals surface area contributed by atoms with Crippen LogP contribution in [-0.2, 0) is 10.0 Å². The highest BCUT2D eigenvalue weighted by Crippen LogP contribution is 2.10. The molecule has 0 unspecified atom stereocenters. The molecule has 0 aromatic carbocycles. The van der Waals surface area contributed by atoms with E-state index in [0.717, 1.165) is 0 Å². The van der Waals surface area contributed by atoms with Gasteiger partial charge in [0.25, 0.3) is 0 Å². The normalized spacial score (nSPS) is 13.2. The maximum atomic E-state index is 11.3. The summed E-state index contributed by atoms with van der Waals surface area (Å²) in [4.78, 5) is 0. The van der Waals surface area contributed by atoms with Gasteiger partial charge in [-0.1, -0.05) is 20.8 Å². The zero-order valence-electron chi connectivity index (χ0n) is 8.85. The third-order valence-electron chi connectivity index (χ3n) is 1.44. The van der Waals surface area contributed by atoms with Crippen LogP contribution >= 0.6 is 0 Å². The fourth-order valence-corrected chi connectivity index (χ4v) is 1.91. The largest absolute Gasteiger partial charge is 0.319 e. The maximum absolute atomic E-state index is 11.3. The third kappa shape index (κ3) is 8.21. The van der Waals surface area contributed by atoms with E-state index in [1.54, 1.807) is 7.05 Å². The monoisotopic (exact) mass is 208 g/mol. The van der Waals surface area contributed by atoms with Gasteiger partial charge in [0.05, 0.1) is 5.75 Å². The van der Waals surface area contributed by atoms with Gasteiger partial charge in [0.1, 0.15) is 0 Å². The van der Waals surface area contributed by atoms with Crippen LogP contribution in [0.3, 0.4) is 0 Å². The molecular weight excluding hydrogens is 188 g/mol. The van der Waals surface area contributed by atoms with Crippen molar-refractivity contribution in [2.45, 2.75) is 20.8 Å². The summed E-state index contributed by atoms with van der Waals surface area (Å²) in [6, 6.07) is 0. The van der Waals surface area contributed by atoms with E-state index in [1.807, 2.05) is 20.8 Å². The van der Waals surface area contributed by atoms with Gasteiger partial charge < -0.3 is 5.32 Å². The van der Waals surface area contributed by atoms with E-state index in [9.17, 15) is 8.42 Å². The smallest absolute Gasteiger partial charge is 0.212 e. The summed E-state index contributed by atoms with van der Waals surface area (Å²) >= 11 is 0. The molecule has 0 heterocycles. The summed E-state index contributed by atoms with van der Waals surface area (Å²) in [5, 5.41) is 2.80. The van der Waals surface area contributed by atoms with Crippen molar-refractivity contribution in [1.29, 1.82) is 0 Å². The summed E-state index contributed by atoms with van der Waals surface area (Å²) in [7, 11) is -1.35. The molecule has 0 atom stereocenters. The first kappa shape index (κ1) is 12.9. The van der Waals surface area contributed by atoms with Crippen LogP contribution in [0.5, 0.6) is 0 Å². The molecule has 0 saturated carbocycles. The lowest BCUT2D eigenvalue weighted by atomic mass is 9.98. The minimum Gasteiger partial charge on any atom is -0.319 e. The molecule has 0 aliphatic heterocycles.